The van der Waals surface area contributed by atoms with Gasteiger partial charge in [-0.2, -0.15) is 0 Å². The third kappa shape index (κ3) is 1.66. The summed E-state index contributed by atoms with van der Waals surface area (Å²) in [5, 5.41) is 7.53. The highest BCUT2D eigenvalue weighted by molar-refractivity contribution is 7.09. The Morgan fingerprint density at radius 1 is 1.39 bits per heavy atom. The molecule has 1 saturated carbocycles. The van der Waals surface area contributed by atoms with Gasteiger partial charge in [0, 0.05) is 29.7 Å². The molecule has 0 bridgehead atoms. The first-order valence-corrected chi connectivity index (χ1v) is 8.10. The van der Waals surface area contributed by atoms with Crippen molar-refractivity contribution in [2.75, 3.05) is 13.1 Å². The number of rotatable bonds is 3. The summed E-state index contributed by atoms with van der Waals surface area (Å²) < 4.78 is 0. The van der Waals surface area contributed by atoms with Crippen molar-refractivity contribution < 1.29 is 0 Å². The molecule has 4 heteroatoms. The Kier molecular flexibility index (Phi) is 2.54. The Labute approximate surface area is 113 Å². The van der Waals surface area contributed by atoms with Crippen LogP contribution in [0.5, 0.6) is 0 Å². The van der Waals surface area contributed by atoms with Gasteiger partial charge in [0.15, 0.2) is 0 Å². The SMILES string of the molecule is Cc1csc(C2(NC3CC3)CCN3CCCC32)n1. The zero-order chi connectivity index (χ0) is 12.2. The molecule has 0 aromatic carbocycles. The molecule has 2 saturated heterocycles. The summed E-state index contributed by atoms with van der Waals surface area (Å²) in [6.07, 6.45) is 6.68. The van der Waals surface area contributed by atoms with Crippen molar-refractivity contribution in [2.24, 2.45) is 0 Å². The van der Waals surface area contributed by atoms with E-state index in [0.29, 0.717) is 6.04 Å². The van der Waals surface area contributed by atoms with Gasteiger partial charge in [-0.25, -0.2) is 4.98 Å². The monoisotopic (exact) mass is 263 g/mol. The highest BCUT2D eigenvalue weighted by Crippen LogP contribution is 2.45. The Hall–Kier alpha value is -0.450. The second kappa shape index (κ2) is 4.02. The average Bonchev–Trinajstić information content (AvgIpc) is 2.80. The smallest absolute Gasteiger partial charge is 0.115 e. The molecule has 0 radical (unpaired) electrons. The fourth-order valence-corrected chi connectivity index (χ4v) is 4.81. The first-order valence-electron chi connectivity index (χ1n) is 7.22. The van der Waals surface area contributed by atoms with Gasteiger partial charge in [-0.1, -0.05) is 0 Å². The summed E-state index contributed by atoms with van der Waals surface area (Å²) >= 11 is 1.86. The highest BCUT2D eigenvalue weighted by atomic mass is 32.1. The van der Waals surface area contributed by atoms with Crippen LogP contribution >= 0.6 is 11.3 Å². The van der Waals surface area contributed by atoms with Crippen LogP contribution < -0.4 is 5.32 Å². The molecule has 2 atom stereocenters. The van der Waals surface area contributed by atoms with E-state index in [9.17, 15) is 0 Å². The van der Waals surface area contributed by atoms with Gasteiger partial charge in [0.2, 0.25) is 0 Å². The van der Waals surface area contributed by atoms with Crippen molar-refractivity contribution in [1.82, 2.24) is 15.2 Å². The van der Waals surface area contributed by atoms with Crippen LogP contribution in [0.4, 0.5) is 0 Å². The van der Waals surface area contributed by atoms with Crippen LogP contribution in [0.2, 0.25) is 0 Å². The summed E-state index contributed by atoms with van der Waals surface area (Å²) in [6, 6.07) is 1.46. The number of fused-ring (bicyclic) bond motifs is 1. The third-order valence-corrected chi connectivity index (χ3v) is 5.90. The number of nitrogens with one attached hydrogen (secondary N) is 1. The zero-order valence-electron chi connectivity index (χ0n) is 11.0. The van der Waals surface area contributed by atoms with Gasteiger partial charge in [-0.3, -0.25) is 4.90 Å². The molecule has 1 N–H and O–H groups in total. The summed E-state index contributed by atoms with van der Waals surface area (Å²) in [5.74, 6) is 0. The molecule has 3 nitrogen and oxygen atoms in total. The highest BCUT2D eigenvalue weighted by Gasteiger charge is 2.53. The number of aromatic nitrogens is 1. The largest absolute Gasteiger partial charge is 0.301 e. The fraction of sp³-hybridized carbons (Fsp3) is 0.786. The van der Waals surface area contributed by atoms with E-state index in [2.05, 4.69) is 22.5 Å². The predicted molar refractivity (Wildman–Crippen MR) is 73.9 cm³/mol. The topological polar surface area (TPSA) is 28.2 Å². The molecular formula is C14H21N3S. The number of nitrogens with zero attached hydrogens (tertiary/aromatic N) is 2. The van der Waals surface area contributed by atoms with E-state index in [1.165, 1.54) is 55.9 Å². The van der Waals surface area contributed by atoms with E-state index in [-0.39, 0.29) is 5.54 Å². The minimum atomic E-state index is 0.177. The molecule has 18 heavy (non-hydrogen) atoms. The first kappa shape index (κ1) is 11.4. The second-order valence-corrected chi connectivity index (χ2v) is 6.99. The standard InChI is InChI=1S/C14H21N3S/c1-10-9-18-13(15-10)14(16-11-4-5-11)6-8-17-7-2-3-12(14)17/h9,11-12,16H,2-8H2,1H3. The van der Waals surface area contributed by atoms with E-state index >= 15 is 0 Å². The van der Waals surface area contributed by atoms with Crippen LogP contribution in [-0.2, 0) is 5.54 Å². The lowest BCUT2D eigenvalue weighted by Gasteiger charge is -2.35. The van der Waals surface area contributed by atoms with E-state index < -0.39 is 0 Å². The van der Waals surface area contributed by atoms with Crippen molar-refractivity contribution in [3.63, 3.8) is 0 Å². The Bertz CT molecular complexity index is 454. The fourth-order valence-electron chi connectivity index (χ4n) is 3.77. The second-order valence-electron chi connectivity index (χ2n) is 6.13. The van der Waals surface area contributed by atoms with Crippen molar-refractivity contribution in [3.8, 4) is 0 Å². The van der Waals surface area contributed by atoms with Crippen LogP contribution in [0.25, 0.3) is 0 Å². The van der Waals surface area contributed by atoms with Crippen LogP contribution in [0.1, 0.15) is 42.8 Å². The third-order valence-electron chi connectivity index (χ3n) is 4.77. The molecule has 0 amide bonds. The molecule has 3 heterocycles. The van der Waals surface area contributed by atoms with Crippen molar-refractivity contribution in [3.05, 3.63) is 16.1 Å². The van der Waals surface area contributed by atoms with E-state index in [1.54, 1.807) is 0 Å². The zero-order valence-corrected chi connectivity index (χ0v) is 11.8. The van der Waals surface area contributed by atoms with Gasteiger partial charge >= 0.3 is 0 Å². The maximum atomic E-state index is 4.84. The quantitative estimate of drug-likeness (QED) is 0.907. The molecule has 2 unspecified atom stereocenters. The summed E-state index contributed by atoms with van der Waals surface area (Å²) in [7, 11) is 0. The van der Waals surface area contributed by atoms with Crippen LogP contribution in [0.15, 0.2) is 5.38 Å². The van der Waals surface area contributed by atoms with E-state index in [4.69, 9.17) is 4.98 Å². The van der Waals surface area contributed by atoms with Gasteiger partial charge in [-0.15, -0.1) is 11.3 Å². The maximum absolute atomic E-state index is 4.84. The molecule has 0 spiro atoms. The van der Waals surface area contributed by atoms with Crippen LogP contribution in [-0.4, -0.2) is 35.1 Å². The van der Waals surface area contributed by atoms with Crippen LogP contribution in [0.3, 0.4) is 0 Å². The van der Waals surface area contributed by atoms with Crippen molar-refractivity contribution in [2.45, 2.75) is 56.7 Å². The maximum Gasteiger partial charge on any atom is 0.115 e. The Morgan fingerprint density at radius 2 is 2.28 bits per heavy atom. The predicted octanol–water partition coefficient (Wildman–Crippen LogP) is 2.27. The van der Waals surface area contributed by atoms with Crippen molar-refractivity contribution in [1.29, 1.82) is 0 Å². The van der Waals surface area contributed by atoms with Gasteiger partial charge in [-0.05, 0) is 45.6 Å². The number of hydrogen-bond acceptors (Lipinski definition) is 4. The lowest BCUT2D eigenvalue weighted by Crippen LogP contribution is -2.51. The van der Waals surface area contributed by atoms with Gasteiger partial charge < -0.3 is 5.32 Å². The lowest BCUT2D eigenvalue weighted by atomic mass is 9.89. The van der Waals surface area contributed by atoms with Crippen LogP contribution in [0, 0.1) is 6.92 Å². The number of thiazole rings is 1. The van der Waals surface area contributed by atoms with Crippen molar-refractivity contribution >= 4 is 11.3 Å². The molecule has 3 aliphatic rings. The molecule has 1 aliphatic carbocycles. The first-order chi connectivity index (χ1) is 8.78. The minimum absolute atomic E-state index is 0.177. The summed E-state index contributed by atoms with van der Waals surface area (Å²) in [6.45, 7) is 4.67. The molecule has 3 fully saturated rings. The van der Waals surface area contributed by atoms with Gasteiger partial charge in [0.05, 0.1) is 5.54 Å². The molecule has 2 aliphatic heterocycles. The molecular weight excluding hydrogens is 242 g/mol. The molecule has 1 aromatic heterocycles. The average molecular weight is 263 g/mol. The normalized spacial score (nSPS) is 36.2. The van der Waals surface area contributed by atoms with E-state index in [1.807, 2.05) is 11.3 Å². The van der Waals surface area contributed by atoms with Gasteiger partial charge in [0.1, 0.15) is 5.01 Å². The van der Waals surface area contributed by atoms with Gasteiger partial charge in [0.25, 0.3) is 0 Å². The Morgan fingerprint density at radius 3 is 3.00 bits per heavy atom. The summed E-state index contributed by atoms with van der Waals surface area (Å²) in [5.41, 5.74) is 1.36. The molecule has 98 valence electrons. The number of hydrogen-bond donors (Lipinski definition) is 1. The molecule has 4 rings (SSSR count). The number of aryl methyl sites for hydroxylation is 1. The van der Waals surface area contributed by atoms with E-state index in [0.717, 1.165) is 6.04 Å². The summed E-state index contributed by atoms with van der Waals surface area (Å²) in [4.78, 5) is 7.52. The molecule has 1 aromatic rings. The minimum Gasteiger partial charge on any atom is -0.301 e. The lowest BCUT2D eigenvalue weighted by molar-refractivity contribution is 0.222. The Balaban J connectivity index is 1.72.